The maximum Gasteiger partial charge on any atom is 0.226 e. The summed E-state index contributed by atoms with van der Waals surface area (Å²) in [5.74, 6) is 0.825. The maximum atomic E-state index is 13.1. The molecule has 1 unspecified atom stereocenters. The molecule has 1 aliphatic heterocycles. The topological polar surface area (TPSA) is 35.6 Å². The van der Waals surface area contributed by atoms with Gasteiger partial charge in [0.15, 0.2) is 0 Å². The van der Waals surface area contributed by atoms with E-state index >= 15 is 0 Å². The van der Waals surface area contributed by atoms with Crippen molar-refractivity contribution in [3.8, 4) is 0 Å². The SMILES string of the molecule is CC(C(=O)N(CCN(C)Cc1ccccc1)Cc1ccccc1)C1CNC1. The average molecular weight is 366 g/mol. The molecule has 0 bridgehead atoms. The normalized spacial score (nSPS) is 15.4. The lowest BCUT2D eigenvalue weighted by atomic mass is 9.88. The fourth-order valence-corrected chi connectivity index (χ4v) is 3.49. The van der Waals surface area contributed by atoms with Gasteiger partial charge >= 0.3 is 0 Å². The third-order valence-electron chi connectivity index (χ3n) is 5.48. The Balaban J connectivity index is 1.60. The highest BCUT2D eigenvalue weighted by Crippen LogP contribution is 2.20. The molecule has 1 atom stereocenters. The Hall–Kier alpha value is -2.17. The van der Waals surface area contributed by atoms with Gasteiger partial charge in [-0.3, -0.25) is 4.79 Å². The van der Waals surface area contributed by atoms with E-state index < -0.39 is 0 Å². The van der Waals surface area contributed by atoms with E-state index in [2.05, 4.69) is 60.6 Å². The number of carbonyl (C=O) groups excluding carboxylic acids is 1. The molecule has 1 fully saturated rings. The zero-order chi connectivity index (χ0) is 19.1. The van der Waals surface area contributed by atoms with Crippen molar-refractivity contribution >= 4 is 5.91 Å². The van der Waals surface area contributed by atoms with Gasteiger partial charge in [0, 0.05) is 32.1 Å². The molecule has 1 N–H and O–H groups in total. The van der Waals surface area contributed by atoms with Gasteiger partial charge < -0.3 is 15.1 Å². The fraction of sp³-hybridized carbons (Fsp3) is 0.435. The first-order valence-corrected chi connectivity index (χ1v) is 9.89. The van der Waals surface area contributed by atoms with Gasteiger partial charge in [0.1, 0.15) is 0 Å². The summed E-state index contributed by atoms with van der Waals surface area (Å²) >= 11 is 0. The summed E-state index contributed by atoms with van der Waals surface area (Å²) < 4.78 is 0. The van der Waals surface area contributed by atoms with Crippen LogP contribution < -0.4 is 5.32 Å². The van der Waals surface area contributed by atoms with Crippen molar-refractivity contribution in [2.75, 3.05) is 33.2 Å². The van der Waals surface area contributed by atoms with Gasteiger partial charge in [0.25, 0.3) is 0 Å². The summed E-state index contributed by atoms with van der Waals surface area (Å²) in [7, 11) is 2.12. The molecule has 0 spiro atoms. The predicted molar refractivity (Wildman–Crippen MR) is 110 cm³/mol. The Bertz CT molecular complexity index is 700. The monoisotopic (exact) mass is 365 g/mol. The van der Waals surface area contributed by atoms with E-state index in [1.54, 1.807) is 0 Å². The Morgan fingerprint density at radius 3 is 2.04 bits per heavy atom. The third-order valence-corrected chi connectivity index (χ3v) is 5.48. The molecule has 2 aromatic rings. The van der Waals surface area contributed by atoms with Crippen molar-refractivity contribution in [2.24, 2.45) is 11.8 Å². The highest BCUT2D eigenvalue weighted by atomic mass is 16.2. The molecule has 4 nitrogen and oxygen atoms in total. The fourth-order valence-electron chi connectivity index (χ4n) is 3.49. The van der Waals surface area contributed by atoms with Crippen LogP contribution in [-0.4, -0.2) is 48.9 Å². The molecule has 144 valence electrons. The Kier molecular flexibility index (Phi) is 7.02. The van der Waals surface area contributed by atoms with E-state index in [0.717, 1.165) is 32.7 Å². The smallest absolute Gasteiger partial charge is 0.226 e. The van der Waals surface area contributed by atoms with Crippen molar-refractivity contribution < 1.29 is 4.79 Å². The van der Waals surface area contributed by atoms with Gasteiger partial charge in [-0.05, 0) is 37.2 Å². The van der Waals surface area contributed by atoms with Crippen LogP contribution in [0.2, 0.25) is 0 Å². The van der Waals surface area contributed by atoms with Crippen molar-refractivity contribution in [3.63, 3.8) is 0 Å². The van der Waals surface area contributed by atoms with Crippen LogP contribution >= 0.6 is 0 Å². The number of carbonyl (C=O) groups is 1. The second kappa shape index (κ2) is 9.67. The third kappa shape index (κ3) is 5.65. The van der Waals surface area contributed by atoms with Crippen molar-refractivity contribution in [1.29, 1.82) is 0 Å². The minimum Gasteiger partial charge on any atom is -0.337 e. The van der Waals surface area contributed by atoms with Gasteiger partial charge in [-0.1, -0.05) is 67.6 Å². The predicted octanol–water partition coefficient (Wildman–Crippen LogP) is 3.00. The van der Waals surface area contributed by atoms with E-state index in [1.807, 2.05) is 29.2 Å². The van der Waals surface area contributed by atoms with Crippen molar-refractivity contribution in [1.82, 2.24) is 15.1 Å². The minimum atomic E-state index is 0.0781. The lowest BCUT2D eigenvalue weighted by Crippen LogP contribution is -2.51. The number of likely N-dealkylation sites (N-methyl/N-ethyl adjacent to an activating group) is 1. The number of nitrogens with one attached hydrogen (secondary N) is 1. The first-order valence-electron chi connectivity index (χ1n) is 9.89. The number of rotatable bonds is 9. The van der Waals surface area contributed by atoms with Gasteiger partial charge in [0.2, 0.25) is 5.91 Å². The summed E-state index contributed by atoms with van der Waals surface area (Å²) in [5, 5.41) is 3.28. The van der Waals surface area contributed by atoms with Crippen LogP contribution in [0.5, 0.6) is 0 Å². The van der Waals surface area contributed by atoms with Crippen LogP contribution in [0, 0.1) is 11.8 Å². The van der Waals surface area contributed by atoms with Gasteiger partial charge in [-0.15, -0.1) is 0 Å². The Morgan fingerprint density at radius 2 is 1.52 bits per heavy atom. The van der Waals surface area contributed by atoms with Crippen LogP contribution in [0.25, 0.3) is 0 Å². The van der Waals surface area contributed by atoms with Crippen LogP contribution in [-0.2, 0) is 17.9 Å². The largest absolute Gasteiger partial charge is 0.337 e. The molecule has 27 heavy (non-hydrogen) atoms. The van der Waals surface area contributed by atoms with E-state index in [9.17, 15) is 4.79 Å². The summed E-state index contributed by atoms with van der Waals surface area (Å²) in [6, 6.07) is 20.8. The first-order chi connectivity index (χ1) is 13.1. The van der Waals surface area contributed by atoms with Gasteiger partial charge in [-0.25, -0.2) is 0 Å². The summed E-state index contributed by atoms with van der Waals surface area (Å²) in [5.41, 5.74) is 2.49. The van der Waals surface area contributed by atoms with Gasteiger partial charge in [0.05, 0.1) is 0 Å². The molecule has 0 saturated carbocycles. The first kappa shape index (κ1) is 19.6. The molecule has 4 heteroatoms. The zero-order valence-corrected chi connectivity index (χ0v) is 16.5. The van der Waals surface area contributed by atoms with Crippen molar-refractivity contribution in [2.45, 2.75) is 20.0 Å². The minimum absolute atomic E-state index is 0.0781. The second-order valence-corrected chi connectivity index (χ2v) is 7.68. The molecule has 0 aliphatic carbocycles. The lowest BCUT2D eigenvalue weighted by Gasteiger charge is -2.35. The number of nitrogens with zero attached hydrogens (tertiary/aromatic N) is 2. The molecule has 1 aliphatic rings. The highest BCUT2D eigenvalue weighted by molar-refractivity contribution is 5.79. The van der Waals surface area contributed by atoms with Crippen molar-refractivity contribution in [3.05, 3.63) is 71.8 Å². The quantitative estimate of drug-likeness (QED) is 0.742. The molecule has 3 rings (SSSR count). The maximum absolute atomic E-state index is 13.1. The van der Waals surface area contributed by atoms with E-state index in [1.165, 1.54) is 11.1 Å². The highest BCUT2D eigenvalue weighted by Gasteiger charge is 2.31. The van der Waals surface area contributed by atoms with Crippen LogP contribution in [0.1, 0.15) is 18.1 Å². The molecular weight excluding hydrogens is 334 g/mol. The summed E-state index contributed by atoms with van der Waals surface area (Å²) in [6.07, 6.45) is 0. The molecule has 2 aromatic carbocycles. The molecule has 1 heterocycles. The molecular formula is C23H31N3O. The number of benzene rings is 2. The summed E-state index contributed by atoms with van der Waals surface area (Å²) in [6.45, 7) is 7.20. The van der Waals surface area contributed by atoms with Crippen LogP contribution in [0.3, 0.4) is 0 Å². The van der Waals surface area contributed by atoms with Gasteiger partial charge in [-0.2, -0.15) is 0 Å². The molecule has 1 saturated heterocycles. The lowest BCUT2D eigenvalue weighted by molar-refractivity contribution is -0.138. The van der Waals surface area contributed by atoms with E-state index in [-0.39, 0.29) is 11.8 Å². The van der Waals surface area contributed by atoms with E-state index in [0.29, 0.717) is 12.5 Å². The number of amides is 1. The van der Waals surface area contributed by atoms with E-state index in [4.69, 9.17) is 0 Å². The van der Waals surface area contributed by atoms with Crippen LogP contribution in [0.4, 0.5) is 0 Å². The van der Waals surface area contributed by atoms with Crippen LogP contribution in [0.15, 0.2) is 60.7 Å². The summed E-state index contributed by atoms with van der Waals surface area (Å²) in [4.78, 5) is 17.5. The second-order valence-electron chi connectivity index (χ2n) is 7.68. The number of hydrogen-bond acceptors (Lipinski definition) is 3. The molecule has 0 radical (unpaired) electrons. The number of hydrogen-bond donors (Lipinski definition) is 1. The Morgan fingerprint density at radius 1 is 0.963 bits per heavy atom. The molecule has 1 amide bonds. The standard InChI is InChI=1S/C23H31N3O/c1-19(22-15-24-16-22)23(27)26(18-21-11-7-4-8-12-21)14-13-25(2)17-20-9-5-3-6-10-20/h3-12,19,22,24H,13-18H2,1-2H3. The Labute approximate surface area is 163 Å². The molecule has 0 aromatic heterocycles. The zero-order valence-electron chi connectivity index (χ0n) is 16.5. The average Bonchev–Trinajstić information content (AvgIpc) is 2.64.